The van der Waals surface area contributed by atoms with Crippen LogP contribution in [0.3, 0.4) is 0 Å². The third kappa shape index (κ3) is 2.79. The van der Waals surface area contributed by atoms with Crippen LogP contribution in [0.4, 0.5) is 5.69 Å². The fourth-order valence-electron chi connectivity index (χ4n) is 5.27. The summed E-state index contributed by atoms with van der Waals surface area (Å²) in [5.41, 5.74) is 0.641. The maximum Gasteiger partial charge on any atom is 0.303 e. The molecular weight excluding hydrogens is 398 g/mol. The van der Waals surface area contributed by atoms with Gasteiger partial charge >= 0.3 is 5.97 Å². The number of imide groups is 1. The molecule has 3 aliphatic heterocycles. The normalized spacial score (nSPS) is 28.7. The molecule has 0 aliphatic carbocycles. The van der Waals surface area contributed by atoms with Gasteiger partial charge in [-0.1, -0.05) is 48.5 Å². The number of nitrogens with zero attached hydrogens (tertiary/aromatic N) is 1. The van der Waals surface area contributed by atoms with Crippen LogP contribution >= 0.6 is 0 Å². The molecule has 0 radical (unpaired) electrons. The molecule has 8 nitrogen and oxygen atoms in total. The Kier molecular flexibility index (Phi) is 4.40. The molecule has 3 aliphatic rings. The summed E-state index contributed by atoms with van der Waals surface area (Å²) in [5.74, 6) is -3.87. The van der Waals surface area contributed by atoms with Gasteiger partial charge in [-0.2, -0.15) is 0 Å². The second-order valence-electron chi connectivity index (χ2n) is 8.24. The van der Waals surface area contributed by atoms with Crippen molar-refractivity contribution in [2.45, 2.75) is 31.0 Å². The molecule has 0 unspecified atom stereocenters. The van der Waals surface area contributed by atoms with E-state index >= 15 is 0 Å². The van der Waals surface area contributed by atoms with E-state index in [4.69, 9.17) is 0 Å². The van der Waals surface area contributed by atoms with Crippen LogP contribution in [0.25, 0.3) is 0 Å². The zero-order valence-electron chi connectivity index (χ0n) is 16.6. The molecular formula is C23H21N3O5. The van der Waals surface area contributed by atoms with E-state index in [1.807, 2.05) is 30.3 Å². The second kappa shape index (κ2) is 7.02. The average molecular weight is 419 g/mol. The third-order valence-corrected chi connectivity index (χ3v) is 6.57. The predicted molar refractivity (Wildman–Crippen MR) is 110 cm³/mol. The molecule has 158 valence electrons. The lowest BCUT2D eigenvalue weighted by Crippen LogP contribution is -2.53. The molecule has 2 aromatic carbocycles. The Labute approximate surface area is 178 Å². The first-order chi connectivity index (χ1) is 14.9. The highest BCUT2D eigenvalue weighted by Crippen LogP contribution is 2.53. The standard InChI is InChI=1S/C23H21N3O5/c27-17(28)11-10-16-18-19(21(30)26(20(18)29)12-13-6-2-1-3-7-13)23(25-16)14-8-4-5-9-15(14)24-22(23)31/h1-9,16,18-19,25H,10-12H2,(H,24,31)(H,27,28)/t16-,18+,19-,23-/m0/s1. The molecule has 0 saturated carbocycles. The first-order valence-electron chi connectivity index (χ1n) is 10.2. The predicted octanol–water partition coefficient (Wildman–Crippen LogP) is 1.47. The Morgan fingerprint density at radius 2 is 1.71 bits per heavy atom. The van der Waals surface area contributed by atoms with Crippen LogP contribution in [-0.2, 0) is 31.3 Å². The van der Waals surface area contributed by atoms with E-state index in [0.717, 1.165) is 5.56 Å². The molecule has 4 atom stereocenters. The largest absolute Gasteiger partial charge is 0.481 e. The number of aliphatic carboxylic acids is 1. The first kappa shape index (κ1) is 19.4. The molecule has 3 heterocycles. The second-order valence-corrected chi connectivity index (χ2v) is 8.24. The quantitative estimate of drug-likeness (QED) is 0.632. The number of hydrogen-bond donors (Lipinski definition) is 3. The molecule has 3 N–H and O–H groups in total. The summed E-state index contributed by atoms with van der Waals surface area (Å²) in [6.07, 6.45) is -0.0215. The van der Waals surface area contributed by atoms with Crippen LogP contribution in [0.2, 0.25) is 0 Å². The lowest BCUT2D eigenvalue weighted by Gasteiger charge is -2.29. The Hall–Kier alpha value is -3.52. The fraction of sp³-hybridized carbons (Fsp3) is 0.304. The van der Waals surface area contributed by atoms with Crippen LogP contribution in [0.1, 0.15) is 24.0 Å². The highest BCUT2D eigenvalue weighted by molar-refractivity contribution is 6.15. The maximum absolute atomic E-state index is 13.6. The van der Waals surface area contributed by atoms with E-state index in [1.165, 1.54) is 4.90 Å². The number of carboxylic acids is 1. The van der Waals surface area contributed by atoms with Gasteiger partial charge in [0.15, 0.2) is 0 Å². The third-order valence-electron chi connectivity index (χ3n) is 6.57. The lowest BCUT2D eigenvalue weighted by molar-refractivity contribution is -0.144. The molecule has 1 spiro atoms. The summed E-state index contributed by atoms with van der Waals surface area (Å²) < 4.78 is 0. The minimum atomic E-state index is -1.39. The van der Waals surface area contributed by atoms with Gasteiger partial charge in [0.1, 0.15) is 5.54 Å². The van der Waals surface area contributed by atoms with Gasteiger partial charge in [0.25, 0.3) is 0 Å². The van der Waals surface area contributed by atoms with Crippen LogP contribution in [0, 0.1) is 11.8 Å². The Morgan fingerprint density at radius 3 is 2.45 bits per heavy atom. The van der Waals surface area contributed by atoms with Gasteiger partial charge < -0.3 is 10.4 Å². The number of likely N-dealkylation sites (tertiary alicyclic amines) is 1. The van der Waals surface area contributed by atoms with E-state index in [0.29, 0.717) is 11.3 Å². The van der Waals surface area contributed by atoms with Crippen molar-refractivity contribution in [3.63, 3.8) is 0 Å². The maximum atomic E-state index is 13.6. The number of carbonyl (C=O) groups is 4. The van der Waals surface area contributed by atoms with Crippen LogP contribution in [0.5, 0.6) is 0 Å². The van der Waals surface area contributed by atoms with E-state index in [9.17, 15) is 24.3 Å². The van der Waals surface area contributed by atoms with Crippen molar-refractivity contribution in [2.24, 2.45) is 11.8 Å². The first-order valence-corrected chi connectivity index (χ1v) is 10.2. The molecule has 5 rings (SSSR count). The Balaban J connectivity index is 1.58. The summed E-state index contributed by atoms with van der Waals surface area (Å²) in [6.45, 7) is 0.122. The monoisotopic (exact) mass is 419 g/mol. The molecule has 2 fully saturated rings. The van der Waals surface area contributed by atoms with Crippen molar-refractivity contribution in [3.05, 3.63) is 65.7 Å². The number of anilines is 1. The fourth-order valence-corrected chi connectivity index (χ4v) is 5.27. The average Bonchev–Trinajstić information content (AvgIpc) is 3.34. The lowest BCUT2D eigenvalue weighted by atomic mass is 9.76. The Bertz CT molecular complexity index is 1100. The number of nitrogens with one attached hydrogen (secondary N) is 2. The number of carbonyl (C=O) groups excluding carboxylic acids is 3. The van der Waals surface area contributed by atoms with Crippen LogP contribution in [-0.4, -0.2) is 39.7 Å². The molecule has 31 heavy (non-hydrogen) atoms. The summed E-state index contributed by atoms with van der Waals surface area (Å²) in [7, 11) is 0. The molecule has 2 saturated heterocycles. The number of hydrogen-bond acceptors (Lipinski definition) is 5. The molecule has 3 amide bonds. The highest BCUT2D eigenvalue weighted by Gasteiger charge is 2.70. The Morgan fingerprint density at radius 1 is 1.00 bits per heavy atom. The minimum absolute atomic E-state index is 0.122. The number of benzene rings is 2. The van der Waals surface area contributed by atoms with Gasteiger partial charge in [0, 0.05) is 23.7 Å². The van der Waals surface area contributed by atoms with Crippen molar-refractivity contribution in [1.82, 2.24) is 10.2 Å². The molecule has 0 bridgehead atoms. The van der Waals surface area contributed by atoms with Gasteiger partial charge in [-0.15, -0.1) is 0 Å². The number of para-hydroxylation sites is 1. The van der Waals surface area contributed by atoms with Crippen molar-refractivity contribution < 1.29 is 24.3 Å². The van der Waals surface area contributed by atoms with Crippen LogP contribution in [0.15, 0.2) is 54.6 Å². The molecule has 8 heteroatoms. The van der Waals surface area contributed by atoms with Crippen molar-refractivity contribution in [1.29, 1.82) is 0 Å². The molecule has 2 aromatic rings. The number of fused-ring (bicyclic) bond motifs is 4. The summed E-state index contributed by atoms with van der Waals surface area (Å²) in [6, 6.07) is 15.7. The number of rotatable bonds is 5. The van der Waals surface area contributed by atoms with Gasteiger partial charge in [0.2, 0.25) is 17.7 Å². The van der Waals surface area contributed by atoms with Crippen molar-refractivity contribution in [3.8, 4) is 0 Å². The SMILES string of the molecule is O=C(O)CC[C@@H]1N[C@]2(C(=O)Nc3ccccc32)[C@@H]2C(=O)N(Cc3ccccc3)C(=O)[C@H]12. The minimum Gasteiger partial charge on any atom is -0.481 e. The van der Waals surface area contributed by atoms with E-state index in [-0.39, 0.29) is 31.2 Å². The van der Waals surface area contributed by atoms with E-state index in [1.54, 1.807) is 24.3 Å². The van der Waals surface area contributed by atoms with Gasteiger partial charge in [-0.05, 0) is 18.1 Å². The van der Waals surface area contributed by atoms with Gasteiger partial charge in [-0.25, -0.2) is 0 Å². The smallest absolute Gasteiger partial charge is 0.303 e. The topological polar surface area (TPSA) is 116 Å². The summed E-state index contributed by atoms with van der Waals surface area (Å²) in [4.78, 5) is 52.6. The van der Waals surface area contributed by atoms with Gasteiger partial charge in [0.05, 0.1) is 18.4 Å². The van der Waals surface area contributed by atoms with Crippen LogP contribution < -0.4 is 10.6 Å². The number of carboxylic acid groups (broad SMARTS) is 1. The highest BCUT2D eigenvalue weighted by atomic mass is 16.4. The van der Waals surface area contributed by atoms with E-state index in [2.05, 4.69) is 10.6 Å². The summed E-state index contributed by atoms with van der Waals surface area (Å²) >= 11 is 0. The van der Waals surface area contributed by atoms with Crippen molar-refractivity contribution >= 4 is 29.4 Å². The number of amides is 3. The summed E-state index contributed by atoms with van der Waals surface area (Å²) in [5, 5.41) is 15.2. The van der Waals surface area contributed by atoms with Crippen molar-refractivity contribution in [2.75, 3.05) is 5.32 Å². The van der Waals surface area contributed by atoms with Gasteiger partial charge in [-0.3, -0.25) is 29.4 Å². The van der Waals surface area contributed by atoms with E-state index < -0.39 is 35.3 Å². The molecule has 0 aromatic heterocycles. The zero-order chi connectivity index (χ0) is 21.8. The zero-order valence-corrected chi connectivity index (χ0v) is 16.6.